The first-order valence-corrected chi connectivity index (χ1v) is 6.61. The van der Waals surface area contributed by atoms with Crippen LogP contribution in [0.15, 0.2) is 40.3 Å². The number of hydrogen-bond donors (Lipinski definition) is 0. The van der Waals surface area contributed by atoms with E-state index < -0.39 is 0 Å². The van der Waals surface area contributed by atoms with Crippen LogP contribution in [0.25, 0.3) is 0 Å². The molecule has 0 saturated carbocycles. The van der Waals surface area contributed by atoms with Crippen LogP contribution in [0.4, 0.5) is 0 Å². The van der Waals surface area contributed by atoms with Gasteiger partial charge in [0.2, 0.25) is 0 Å². The van der Waals surface area contributed by atoms with Gasteiger partial charge >= 0.3 is 0 Å². The molecule has 4 nitrogen and oxygen atoms in total. The van der Waals surface area contributed by atoms with Gasteiger partial charge in [0.15, 0.2) is 11.8 Å². The van der Waals surface area contributed by atoms with Crippen molar-refractivity contribution in [3.8, 4) is 0 Å². The normalized spacial score (nSPS) is 22.5. The molecule has 3 rings (SSSR count). The molecule has 1 aromatic rings. The summed E-state index contributed by atoms with van der Waals surface area (Å²) in [7, 11) is 0. The lowest BCUT2D eigenvalue weighted by Gasteiger charge is -2.22. The minimum Gasteiger partial charge on any atom is -0.478 e. The van der Waals surface area contributed by atoms with E-state index in [1.807, 2.05) is 32.0 Å². The molecular formula is C15H18N2O2. The number of benzene rings is 1. The van der Waals surface area contributed by atoms with Crippen LogP contribution < -0.4 is 0 Å². The van der Waals surface area contributed by atoms with Crippen molar-refractivity contribution in [2.24, 2.45) is 15.4 Å². The van der Waals surface area contributed by atoms with E-state index in [-0.39, 0.29) is 11.5 Å². The van der Waals surface area contributed by atoms with E-state index in [1.54, 1.807) is 0 Å². The minimum absolute atomic E-state index is 0.0810. The number of aliphatic imine (C=N–C) groups is 2. The van der Waals surface area contributed by atoms with Crippen LogP contribution in [-0.4, -0.2) is 31.6 Å². The Hall–Kier alpha value is -1.84. The molecule has 0 saturated heterocycles. The molecule has 0 aliphatic carbocycles. The third kappa shape index (κ3) is 2.23. The van der Waals surface area contributed by atoms with E-state index in [1.165, 1.54) is 5.56 Å². The lowest BCUT2D eigenvalue weighted by atomic mass is 9.93. The summed E-state index contributed by atoms with van der Waals surface area (Å²) < 4.78 is 11.3. The average Bonchev–Trinajstić information content (AvgIpc) is 3.12. The second-order valence-corrected chi connectivity index (χ2v) is 5.33. The van der Waals surface area contributed by atoms with Gasteiger partial charge < -0.3 is 9.47 Å². The van der Waals surface area contributed by atoms with Crippen LogP contribution in [0.1, 0.15) is 25.5 Å². The fourth-order valence-electron chi connectivity index (χ4n) is 2.37. The molecule has 0 unspecified atom stereocenters. The third-order valence-corrected chi connectivity index (χ3v) is 3.49. The molecule has 2 heterocycles. The Labute approximate surface area is 113 Å². The molecule has 0 bridgehead atoms. The number of hydrogen-bond acceptors (Lipinski definition) is 4. The first-order valence-electron chi connectivity index (χ1n) is 6.61. The van der Waals surface area contributed by atoms with Crippen LogP contribution in [0, 0.1) is 5.41 Å². The highest BCUT2D eigenvalue weighted by molar-refractivity contribution is 6.05. The highest BCUT2D eigenvalue weighted by Gasteiger charge is 2.39. The van der Waals surface area contributed by atoms with Crippen molar-refractivity contribution in [2.45, 2.75) is 19.9 Å². The fourth-order valence-corrected chi connectivity index (χ4v) is 2.37. The smallest absolute Gasteiger partial charge is 0.199 e. The standard InChI is InChI=1S/C15H18N2O2/c1-15(2,13-16-8-9-18-13)14-17-12(10-19-14)11-6-4-3-5-7-11/h3-7,12H,8-10H2,1-2H3/t12-/m1/s1. The summed E-state index contributed by atoms with van der Waals surface area (Å²) in [6, 6.07) is 10.3. The largest absolute Gasteiger partial charge is 0.478 e. The average molecular weight is 258 g/mol. The van der Waals surface area contributed by atoms with Crippen molar-refractivity contribution in [2.75, 3.05) is 19.8 Å². The Balaban J connectivity index is 1.83. The van der Waals surface area contributed by atoms with Crippen LogP contribution in [0.5, 0.6) is 0 Å². The van der Waals surface area contributed by atoms with Gasteiger partial charge in [-0.3, -0.25) is 4.99 Å². The zero-order chi connectivity index (χ0) is 13.3. The Morgan fingerprint density at radius 1 is 1.11 bits per heavy atom. The van der Waals surface area contributed by atoms with Crippen LogP contribution >= 0.6 is 0 Å². The Kier molecular flexibility index (Phi) is 3.01. The monoisotopic (exact) mass is 258 g/mol. The van der Waals surface area contributed by atoms with Crippen molar-refractivity contribution in [1.82, 2.24) is 0 Å². The maximum Gasteiger partial charge on any atom is 0.199 e. The fraction of sp³-hybridized carbons (Fsp3) is 0.467. The molecular weight excluding hydrogens is 240 g/mol. The van der Waals surface area contributed by atoms with Gasteiger partial charge in [0.25, 0.3) is 0 Å². The Bertz CT molecular complexity index is 520. The van der Waals surface area contributed by atoms with E-state index in [0.717, 1.165) is 18.3 Å². The molecule has 19 heavy (non-hydrogen) atoms. The molecule has 2 aliphatic rings. The lowest BCUT2D eigenvalue weighted by Crippen LogP contribution is -2.34. The van der Waals surface area contributed by atoms with Gasteiger partial charge in [0.05, 0.1) is 6.54 Å². The van der Waals surface area contributed by atoms with E-state index in [0.29, 0.717) is 13.2 Å². The van der Waals surface area contributed by atoms with Crippen molar-refractivity contribution >= 4 is 11.8 Å². The quantitative estimate of drug-likeness (QED) is 0.836. The highest BCUT2D eigenvalue weighted by Crippen LogP contribution is 2.32. The van der Waals surface area contributed by atoms with Crippen molar-refractivity contribution < 1.29 is 9.47 Å². The molecule has 4 heteroatoms. The molecule has 0 radical (unpaired) electrons. The summed E-state index contributed by atoms with van der Waals surface area (Å²) >= 11 is 0. The van der Waals surface area contributed by atoms with Gasteiger partial charge in [-0.05, 0) is 19.4 Å². The van der Waals surface area contributed by atoms with Gasteiger partial charge in [-0.25, -0.2) is 4.99 Å². The second-order valence-electron chi connectivity index (χ2n) is 5.33. The summed E-state index contributed by atoms with van der Waals surface area (Å²) in [5, 5.41) is 0. The van der Waals surface area contributed by atoms with E-state index in [2.05, 4.69) is 17.1 Å². The molecule has 100 valence electrons. The number of nitrogens with zero attached hydrogens (tertiary/aromatic N) is 2. The van der Waals surface area contributed by atoms with Crippen molar-refractivity contribution in [3.05, 3.63) is 35.9 Å². The predicted octanol–water partition coefficient (Wildman–Crippen LogP) is 2.61. The number of ether oxygens (including phenoxy) is 2. The molecule has 0 amide bonds. The molecule has 0 spiro atoms. The maximum atomic E-state index is 5.79. The van der Waals surface area contributed by atoms with Gasteiger partial charge in [-0.2, -0.15) is 0 Å². The highest BCUT2D eigenvalue weighted by atomic mass is 16.5. The second kappa shape index (κ2) is 4.68. The Morgan fingerprint density at radius 3 is 2.58 bits per heavy atom. The van der Waals surface area contributed by atoms with E-state index >= 15 is 0 Å². The molecule has 0 aromatic heterocycles. The summed E-state index contributed by atoms with van der Waals surface area (Å²) in [6.45, 7) is 6.07. The van der Waals surface area contributed by atoms with Crippen molar-refractivity contribution in [3.63, 3.8) is 0 Å². The topological polar surface area (TPSA) is 43.2 Å². The summed E-state index contributed by atoms with van der Waals surface area (Å²) in [6.07, 6.45) is 0. The zero-order valence-corrected chi connectivity index (χ0v) is 11.3. The summed E-state index contributed by atoms with van der Waals surface area (Å²) in [5.41, 5.74) is 0.808. The van der Waals surface area contributed by atoms with Gasteiger partial charge in [0, 0.05) is 0 Å². The first kappa shape index (κ1) is 12.2. The number of rotatable bonds is 3. The molecule has 2 aliphatic heterocycles. The molecule has 0 fully saturated rings. The van der Waals surface area contributed by atoms with Gasteiger partial charge in [-0.1, -0.05) is 30.3 Å². The molecule has 1 atom stereocenters. The molecule has 1 aromatic carbocycles. The minimum atomic E-state index is -0.375. The SMILES string of the molecule is CC(C)(C1=NCCO1)C1=N[C@@H](c2ccccc2)CO1. The predicted molar refractivity (Wildman–Crippen MR) is 74.6 cm³/mol. The van der Waals surface area contributed by atoms with E-state index in [9.17, 15) is 0 Å². The summed E-state index contributed by atoms with van der Waals surface area (Å²) in [5.74, 6) is 1.46. The van der Waals surface area contributed by atoms with Gasteiger partial charge in [0.1, 0.15) is 24.7 Å². The Morgan fingerprint density at radius 2 is 1.89 bits per heavy atom. The third-order valence-electron chi connectivity index (χ3n) is 3.49. The van der Waals surface area contributed by atoms with E-state index in [4.69, 9.17) is 14.5 Å². The lowest BCUT2D eigenvalue weighted by molar-refractivity contribution is 0.272. The molecule has 0 N–H and O–H groups in total. The van der Waals surface area contributed by atoms with Crippen LogP contribution in [-0.2, 0) is 9.47 Å². The van der Waals surface area contributed by atoms with Crippen molar-refractivity contribution in [1.29, 1.82) is 0 Å². The first-order chi connectivity index (χ1) is 9.18. The zero-order valence-electron chi connectivity index (χ0n) is 11.3. The van der Waals surface area contributed by atoms with Crippen LogP contribution in [0.2, 0.25) is 0 Å². The summed E-state index contributed by atoms with van der Waals surface area (Å²) in [4.78, 5) is 9.09. The maximum absolute atomic E-state index is 5.79. The van der Waals surface area contributed by atoms with Gasteiger partial charge in [-0.15, -0.1) is 0 Å². The van der Waals surface area contributed by atoms with Crippen LogP contribution in [0.3, 0.4) is 0 Å².